The normalized spacial score (nSPS) is 30.2. The Hall–Kier alpha value is -1.42. The molecule has 4 heteroatoms. The number of ether oxygens (including phenoxy) is 2. The lowest BCUT2D eigenvalue weighted by Crippen LogP contribution is -2.15. The number of carbonyl (C=O) groups is 2. The van der Waals surface area contributed by atoms with Crippen LogP contribution >= 0.6 is 0 Å². The molecule has 1 heterocycles. The average molecular weight is 266 g/mol. The van der Waals surface area contributed by atoms with Gasteiger partial charge in [0.05, 0.1) is 18.6 Å². The molecule has 0 aromatic heterocycles. The average Bonchev–Trinajstić information content (AvgIpc) is 2.38. The van der Waals surface area contributed by atoms with Crippen molar-refractivity contribution in [3.05, 3.63) is 24.3 Å². The molecule has 0 radical (unpaired) electrons. The van der Waals surface area contributed by atoms with Crippen molar-refractivity contribution in [1.29, 1.82) is 0 Å². The summed E-state index contributed by atoms with van der Waals surface area (Å²) in [5.74, 6) is -0.387. The summed E-state index contributed by atoms with van der Waals surface area (Å²) < 4.78 is 10.4. The van der Waals surface area contributed by atoms with E-state index in [-0.39, 0.29) is 36.8 Å². The van der Waals surface area contributed by atoms with Crippen LogP contribution in [0.4, 0.5) is 0 Å². The lowest BCUT2D eigenvalue weighted by Gasteiger charge is -2.13. The van der Waals surface area contributed by atoms with Crippen molar-refractivity contribution < 1.29 is 19.1 Å². The van der Waals surface area contributed by atoms with Crippen molar-refractivity contribution in [2.45, 2.75) is 51.2 Å². The standard InChI is InChI=1S/C15H22O4/c1-12-6-4-3-5-7-14(18-2)10-8-13(16)9-11-15(17)19-12/h5,7-8,10,12,14H,3-4,6,9,11H2,1-2H3/b7-5-,10-8-/t12-,14?/m0/s1. The molecule has 106 valence electrons. The molecule has 0 amide bonds. The zero-order valence-electron chi connectivity index (χ0n) is 11.6. The molecule has 0 aromatic rings. The molecular formula is C15H22O4. The van der Waals surface area contributed by atoms with Crippen LogP contribution in [0.2, 0.25) is 0 Å². The van der Waals surface area contributed by atoms with Crippen LogP contribution in [0.1, 0.15) is 39.0 Å². The third-order valence-electron chi connectivity index (χ3n) is 2.96. The third-order valence-corrected chi connectivity index (χ3v) is 2.96. The molecule has 1 aliphatic heterocycles. The summed E-state index contributed by atoms with van der Waals surface area (Å²) in [5, 5.41) is 0. The Kier molecular flexibility index (Phi) is 7.11. The maximum absolute atomic E-state index is 11.6. The highest BCUT2D eigenvalue weighted by Gasteiger charge is 2.11. The Labute approximate surface area is 114 Å². The van der Waals surface area contributed by atoms with E-state index in [1.165, 1.54) is 6.08 Å². The highest BCUT2D eigenvalue weighted by molar-refractivity contribution is 5.91. The molecule has 0 saturated carbocycles. The summed E-state index contributed by atoms with van der Waals surface area (Å²) in [7, 11) is 1.60. The van der Waals surface area contributed by atoms with Crippen molar-refractivity contribution in [1.82, 2.24) is 0 Å². The molecule has 0 aliphatic carbocycles. The summed E-state index contributed by atoms with van der Waals surface area (Å²) in [6.45, 7) is 1.88. The van der Waals surface area contributed by atoms with Gasteiger partial charge in [-0.2, -0.15) is 0 Å². The minimum absolute atomic E-state index is 0.0860. The highest BCUT2D eigenvalue weighted by atomic mass is 16.5. The molecule has 0 spiro atoms. The quantitative estimate of drug-likeness (QED) is 0.540. The van der Waals surface area contributed by atoms with Gasteiger partial charge in [0.15, 0.2) is 5.78 Å². The summed E-state index contributed by atoms with van der Waals surface area (Å²) in [5.41, 5.74) is 0. The third kappa shape index (κ3) is 6.91. The van der Waals surface area contributed by atoms with E-state index in [9.17, 15) is 9.59 Å². The molecule has 0 bridgehead atoms. The van der Waals surface area contributed by atoms with E-state index in [4.69, 9.17) is 9.47 Å². The fourth-order valence-corrected chi connectivity index (χ4v) is 1.83. The molecule has 0 N–H and O–H groups in total. The van der Waals surface area contributed by atoms with Crippen molar-refractivity contribution in [2.75, 3.05) is 7.11 Å². The molecule has 1 unspecified atom stereocenters. The summed E-state index contributed by atoms with van der Waals surface area (Å²) in [6, 6.07) is 0. The molecule has 2 atom stereocenters. The Morgan fingerprint density at radius 3 is 2.79 bits per heavy atom. The topological polar surface area (TPSA) is 52.6 Å². The number of methoxy groups -OCH3 is 1. The first-order valence-electron chi connectivity index (χ1n) is 6.71. The van der Waals surface area contributed by atoms with Gasteiger partial charge < -0.3 is 9.47 Å². The maximum Gasteiger partial charge on any atom is 0.306 e. The van der Waals surface area contributed by atoms with Crippen LogP contribution in [0.25, 0.3) is 0 Å². The highest BCUT2D eigenvalue weighted by Crippen LogP contribution is 2.09. The first kappa shape index (κ1) is 15.6. The van der Waals surface area contributed by atoms with Gasteiger partial charge in [-0.1, -0.05) is 12.2 Å². The van der Waals surface area contributed by atoms with Crippen LogP contribution in [0, 0.1) is 0 Å². The molecule has 0 saturated heterocycles. The van der Waals surface area contributed by atoms with Crippen LogP contribution in [-0.4, -0.2) is 31.1 Å². The zero-order valence-corrected chi connectivity index (χ0v) is 11.6. The number of cyclic esters (lactones) is 1. The Morgan fingerprint density at radius 1 is 1.26 bits per heavy atom. The van der Waals surface area contributed by atoms with Crippen LogP contribution in [-0.2, 0) is 19.1 Å². The number of rotatable bonds is 1. The zero-order chi connectivity index (χ0) is 14.1. The van der Waals surface area contributed by atoms with Gasteiger partial charge in [0.2, 0.25) is 0 Å². The second-order valence-corrected chi connectivity index (χ2v) is 4.69. The van der Waals surface area contributed by atoms with Gasteiger partial charge >= 0.3 is 5.97 Å². The second kappa shape index (κ2) is 8.64. The van der Waals surface area contributed by atoms with E-state index in [0.717, 1.165) is 19.3 Å². The predicted molar refractivity (Wildman–Crippen MR) is 72.7 cm³/mol. The van der Waals surface area contributed by atoms with E-state index in [1.807, 2.05) is 19.1 Å². The lowest BCUT2D eigenvalue weighted by atomic mass is 10.1. The van der Waals surface area contributed by atoms with Crippen molar-refractivity contribution in [3.8, 4) is 0 Å². The summed E-state index contributed by atoms with van der Waals surface area (Å²) in [6.07, 6.45) is 9.90. The van der Waals surface area contributed by atoms with Crippen LogP contribution in [0.5, 0.6) is 0 Å². The largest absolute Gasteiger partial charge is 0.463 e. The Bertz CT molecular complexity index is 357. The minimum atomic E-state index is -0.301. The number of ketones is 1. The van der Waals surface area contributed by atoms with Gasteiger partial charge in [0.1, 0.15) is 0 Å². The fraction of sp³-hybridized carbons (Fsp3) is 0.600. The Balaban J connectivity index is 2.65. The smallest absolute Gasteiger partial charge is 0.306 e. The molecule has 19 heavy (non-hydrogen) atoms. The SMILES string of the molecule is COC1/C=C\CCC[C@H](C)OC(=O)CCC(=O)/C=C\1. The van der Waals surface area contributed by atoms with E-state index in [2.05, 4.69) is 0 Å². The molecule has 0 aromatic carbocycles. The molecular weight excluding hydrogens is 244 g/mol. The maximum atomic E-state index is 11.6. The number of hydrogen-bond acceptors (Lipinski definition) is 4. The predicted octanol–water partition coefficient (Wildman–Crippen LogP) is 2.58. The summed E-state index contributed by atoms with van der Waals surface area (Å²) >= 11 is 0. The number of hydrogen-bond donors (Lipinski definition) is 0. The number of allylic oxidation sites excluding steroid dienone is 2. The van der Waals surface area contributed by atoms with E-state index < -0.39 is 0 Å². The minimum Gasteiger partial charge on any atom is -0.463 e. The van der Waals surface area contributed by atoms with E-state index >= 15 is 0 Å². The molecule has 0 fully saturated rings. The van der Waals surface area contributed by atoms with Gasteiger partial charge in [-0.05, 0) is 38.3 Å². The Morgan fingerprint density at radius 2 is 2.05 bits per heavy atom. The van der Waals surface area contributed by atoms with Crippen molar-refractivity contribution in [2.24, 2.45) is 0 Å². The summed E-state index contributed by atoms with van der Waals surface area (Å²) in [4.78, 5) is 23.1. The van der Waals surface area contributed by atoms with Crippen molar-refractivity contribution >= 4 is 11.8 Å². The molecule has 1 rings (SSSR count). The van der Waals surface area contributed by atoms with Gasteiger partial charge in [-0.15, -0.1) is 0 Å². The first-order chi connectivity index (χ1) is 9.11. The number of esters is 1. The molecule has 4 nitrogen and oxygen atoms in total. The van der Waals surface area contributed by atoms with Gasteiger partial charge in [0, 0.05) is 13.5 Å². The van der Waals surface area contributed by atoms with Crippen molar-refractivity contribution in [3.63, 3.8) is 0 Å². The lowest BCUT2D eigenvalue weighted by molar-refractivity contribution is -0.149. The molecule has 1 aliphatic rings. The first-order valence-corrected chi connectivity index (χ1v) is 6.71. The fourth-order valence-electron chi connectivity index (χ4n) is 1.83. The van der Waals surface area contributed by atoms with E-state index in [1.54, 1.807) is 13.2 Å². The van der Waals surface area contributed by atoms with Gasteiger partial charge in [-0.3, -0.25) is 9.59 Å². The monoisotopic (exact) mass is 266 g/mol. The van der Waals surface area contributed by atoms with E-state index in [0.29, 0.717) is 0 Å². The second-order valence-electron chi connectivity index (χ2n) is 4.69. The number of carbonyl (C=O) groups excluding carboxylic acids is 2. The van der Waals surface area contributed by atoms with Gasteiger partial charge in [-0.25, -0.2) is 0 Å². The van der Waals surface area contributed by atoms with Crippen LogP contribution in [0.3, 0.4) is 0 Å². The van der Waals surface area contributed by atoms with Crippen LogP contribution in [0.15, 0.2) is 24.3 Å². The van der Waals surface area contributed by atoms with Gasteiger partial charge in [0.25, 0.3) is 0 Å². The van der Waals surface area contributed by atoms with Crippen LogP contribution < -0.4 is 0 Å².